The highest BCUT2D eigenvalue weighted by Crippen LogP contribution is 2.41. The summed E-state index contributed by atoms with van der Waals surface area (Å²) in [4.78, 5) is 17.3. The minimum absolute atomic E-state index is 0.219. The summed E-state index contributed by atoms with van der Waals surface area (Å²) >= 11 is 0. The average Bonchev–Trinajstić information content (AvgIpc) is 3.66. The molecule has 0 saturated heterocycles. The second-order valence-electron chi connectivity index (χ2n) is 10.4. The molecule has 0 aliphatic rings. The van der Waals surface area contributed by atoms with Crippen molar-refractivity contribution in [1.29, 1.82) is 10.5 Å². The molecule has 2 aromatic carbocycles. The fourth-order valence-electron chi connectivity index (χ4n) is 5.57. The molecule has 6 aromatic rings. The summed E-state index contributed by atoms with van der Waals surface area (Å²) in [5.74, 6) is 0.593. The minimum Gasteiger partial charge on any atom is -0.336 e. The molecule has 0 aliphatic heterocycles. The van der Waals surface area contributed by atoms with Gasteiger partial charge in [0.25, 0.3) is 0 Å². The van der Waals surface area contributed by atoms with Gasteiger partial charge in [-0.15, -0.1) is 0 Å². The zero-order chi connectivity index (χ0) is 31.1. The number of pyridine rings is 2. The molecular weight excluding hydrogens is 565 g/mol. The Bertz CT molecular complexity index is 2080. The molecule has 0 fully saturated rings. The second kappa shape index (κ2) is 10.8. The number of aromatic nitrogens is 6. The number of rotatable bonds is 6. The van der Waals surface area contributed by atoms with Crippen LogP contribution in [0.25, 0.3) is 22.4 Å². The van der Waals surface area contributed by atoms with Crippen LogP contribution in [0, 0.1) is 22.7 Å². The molecule has 0 bridgehead atoms. The summed E-state index contributed by atoms with van der Waals surface area (Å²) in [6.45, 7) is 0. The van der Waals surface area contributed by atoms with Crippen LogP contribution in [0.15, 0.2) is 91.8 Å². The van der Waals surface area contributed by atoms with Gasteiger partial charge < -0.3 is 9.13 Å². The highest BCUT2D eigenvalue weighted by atomic mass is 19.4. The lowest BCUT2D eigenvalue weighted by molar-refractivity contribution is -0.141. The zero-order valence-electron chi connectivity index (χ0n) is 23.6. The van der Waals surface area contributed by atoms with Gasteiger partial charge in [-0.3, -0.25) is 4.98 Å². The molecule has 0 saturated carbocycles. The number of hydrogen-bond acceptors (Lipinski definition) is 6. The fourth-order valence-corrected chi connectivity index (χ4v) is 5.57. The predicted molar refractivity (Wildman–Crippen MR) is 156 cm³/mol. The van der Waals surface area contributed by atoms with Crippen molar-refractivity contribution in [2.24, 2.45) is 14.1 Å². The van der Waals surface area contributed by atoms with Crippen molar-refractivity contribution in [1.82, 2.24) is 29.1 Å². The number of aryl methyl sites for hydroxylation is 2. The largest absolute Gasteiger partial charge is 0.433 e. The molecule has 1 unspecified atom stereocenters. The van der Waals surface area contributed by atoms with Gasteiger partial charge in [-0.2, -0.15) is 23.7 Å². The van der Waals surface area contributed by atoms with E-state index in [1.54, 1.807) is 42.2 Å². The number of hydrogen-bond donors (Lipinski definition) is 0. The molecule has 4 aromatic heterocycles. The van der Waals surface area contributed by atoms with Crippen LogP contribution in [0.3, 0.4) is 0 Å². The highest BCUT2D eigenvalue weighted by molar-refractivity contribution is 5.90. The summed E-state index contributed by atoms with van der Waals surface area (Å²) < 4.78 is 43.6. The lowest BCUT2D eigenvalue weighted by Crippen LogP contribution is -2.30. The van der Waals surface area contributed by atoms with Gasteiger partial charge in [-0.1, -0.05) is 42.5 Å². The Morgan fingerprint density at radius 2 is 1.66 bits per heavy atom. The van der Waals surface area contributed by atoms with Gasteiger partial charge >= 0.3 is 6.18 Å². The molecule has 11 heteroatoms. The lowest BCUT2D eigenvalue weighted by Gasteiger charge is -2.28. The van der Waals surface area contributed by atoms with Crippen LogP contribution in [-0.4, -0.2) is 29.1 Å². The Kier molecular flexibility index (Phi) is 6.94. The van der Waals surface area contributed by atoms with E-state index in [-0.39, 0.29) is 5.56 Å². The normalized spacial score (nSPS) is 12.9. The van der Waals surface area contributed by atoms with Crippen LogP contribution < -0.4 is 0 Å². The zero-order valence-corrected chi connectivity index (χ0v) is 23.6. The van der Waals surface area contributed by atoms with E-state index < -0.39 is 17.3 Å². The molecule has 0 spiro atoms. The molecule has 4 heterocycles. The van der Waals surface area contributed by atoms with Gasteiger partial charge in [0, 0.05) is 55.6 Å². The van der Waals surface area contributed by atoms with Gasteiger partial charge in [-0.05, 0) is 29.3 Å². The van der Waals surface area contributed by atoms with Crippen molar-refractivity contribution in [3.8, 4) is 23.7 Å². The van der Waals surface area contributed by atoms with E-state index in [1.165, 1.54) is 18.6 Å². The van der Waals surface area contributed by atoms with Crippen LogP contribution in [0.1, 0.15) is 39.2 Å². The predicted octanol–water partition coefficient (Wildman–Crippen LogP) is 6.10. The number of nitrogens with zero attached hydrogens (tertiary/aromatic N) is 8. The van der Waals surface area contributed by atoms with E-state index in [4.69, 9.17) is 4.98 Å². The van der Waals surface area contributed by atoms with Crippen molar-refractivity contribution in [3.63, 3.8) is 0 Å². The van der Waals surface area contributed by atoms with E-state index in [9.17, 15) is 23.7 Å². The third-order valence-electron chi connectivity index (χ3n) is 7.74. The number of halogens is 3. The number of imidazole rings is 2. The molecule has 0 N–H and O–H groups in total. The number of alkyl halides is 3. The molecule has 216 valence electrons. The Hall–Kier alpha value is -5.81. The van der Waals surface area contributed by atoms with Gasteiger partial charge in [0.1, 0.15) is 17.5 Å². The van der Waals surface area contributed by atoms with Crippen molar-refractivity contribution in [3.05, 3.63) is 131 Å². The SMILES string of the molecule is Cn1cncc1C(C#N)(c1ccc(C(F)(F)F)nc1)c1ccc2nc(-c3nccn3C)c(Cc3ccccc3)c(C#N)c2c1. The smallest absolute Gasteiger partial charge is 0.336 e. The van der Waals surface area contributed by atoms with Crippen molar-refractivity contribution < 1.29 is 13.2 Å². The summed E-state index contributed by atoms with van der Waals surface area (Å²) in [5, 5.41) is 21.9. The van der Waals surface area contributed by atoms with Crippen LogP contribution in [0.5, 0.6) is 0 Å². The van der Waals surface area contributed by atoms with Gasteiger partial charge in [0.05, 0.1) is 35.4 Å². The van der Waals surface area contributed by atoms with E-state index >= 15 is 0 Å². The molecule has 0 aliphatic carbocycles. The van der Waals surface area contributed by atoms with Crippen molar-refractivity contribution in [2.45, 2.75) is 18.0 Å². The van der Waals surface area contributed by atoms with E-state index in [1.807, 2.05) is 41.9 Å². The molecule has 1 atom stereocenters. The molecular formula is C33H23F3N8. The van der Waals surface area contributed by atoms with Crippen molar-refractivity contribution >= 4 is 10.9 Å². The van der Waals surface area contributed by atoms with E-state index in [0.29, 0.717) is 51.2 Å². The average molecular weight is 589 g/mol. The first-order chi connectivity index (χ1) is 21.2. The highest BCUT2D eigenvalue weighted by Gasteiger charge is 2.41. The standard InChI is InChI=1S/C33H23F3N8/c1-43-13-12-40-31(43)30-25(14-21-6-4-3-5-7-21)26(16-37)24-15-22(8-10-27(24)42-30)32(19-38,29-18-39-20-44(29)2)23-9-11-28(41-17-23)33(34,35)36/h3-13,15,17-18,20H,14H2,1-2H3. The molecule has 8 nitrogen and oxygen atoms in total. The molecule has 6 rings (SSSR count). The third kappa shape index (κ3) is 4.65. The quantitative estimate of drug-likeness (QED) is 0.233. The topological polar surface area (TPSA) is 109 Å². The maximum Gasteiger partial charge on any atom is 0.433 e. The minimum atomic E-state index is -4.64. The summed E-state index contributed by atoms with van der Waals surface area (Å²) in [5.41, 5.74) is 1.43. The molecule has 0 radical (unpaired) electrons. The molecule has 0 amide bonds. The Morgan fingerprint density at radius 3 is 2.25 bits per heavy atom. The van der Waals surface area contributed by atoms with Crippen LogP contribution >= 0.6 is 0 Å². The number of benzene rings is 2. The Labute approximate surface area is 250 Å². The summed E-state index contributed by atoms with van der Waals surface area (Å²) in [7, 11) is 3.55. The van der Waals surface area contributed by atoms with Crippen molar-refractivity contribution in [2.75, 3.05) is 0 Å². The van der Waals surface area contributed by atoms with E-state index in [2.05, 4.69) is 27.1 Å². The molecule has 44 heavy (non-hydrogen) atoms. The lowest BCUT2D eigenvalue weighted by atomic mass is 9.73. The number of fused-ring (bicyclic) bond motifs is 1. The first kappa shape index (κ1) is 28.3. The Morgan fingerprint density at radius 1 is 0.886 bits per heavy atom. The van der Waals surface area contributed by atoms with Crippen LogP contribution in [-0.2, 0) is 32.1 Å². The first-order valence-electron chi connectivity index (χ1n) is 13.5. The fraction of sp³-hybridized carbons (Fsp3) is 0.152. The summed E-state index contributed by atoms with van der Waals surface area (Å²) in [6.07, 6.45) is 3.30. The van der Waals surface area contributed by atoms with Gasteiger partial charge in [0.2, 0.25) is 0 Å². The number of nitriles is 2. The maximum atomic E-state index is 13.4. The summed E-state index contributed by atoms with van der Waals surface area (Å²) in [6, 6.07) is 21.6. The second-order valence-corrected chi connectivity index (χ2v) is 10.4. The third-order valence-corrected chi connectivity index (χ3v) is 7.74. The van der Waals surface area contributed by atoms with Crippen LogP contribution in [0.4, 0.5) is 13.2 Å². The van der Waals surface area contributed by atoms with Crippen LogP contribution in [0.2, 0.25) is 0 Å². The first-order valence-corrected chi connectivity index (χ1v) is 13.5. The maximum absolute atomic E-state index is 13.4. The van der Waals surface area contributed by atoms with Gasteiger partial charge in [0.15, 0.2) is 11.2 Å². The monoisotopic (exact) mass is 588 g/mol. The van der Waals surface area contributed by atoms with E-state index in [0.717, 1.165) is 17.8 Å². The Balaban J connectivity index is 1.64. The van der Waals surface area contributed by atoms with Gasteiger partial charge in [-0.25, -0.2) is 15.0 Å².